The van der Waals surface area contributed by atoms with Crippen LogP contribution in [-0.2, 0) is 14.4 Å². The van der Waals surface area contributed by atoms with Gasteiger partial charge in [-0.3, -0.25) is 9.63 Å². The largest absolute Gasteiger partial charge is 0.465 e. The van der Waals surface area contributed by atoms with Crippen LogP contribution in [0.1, 0.15) is 87.2 Å². The van der Waals surface area contributed by atoms with E-state index in [0.717, 1.165) is 29.8 Å². The van der Waals surface area contributed by atoms with Gasteiger partial charge >= 0.3 is 5.97 Å². The van der Waals surface area contributed by atoms with Crippen LogP contribution in [0.5, 0.6) is 0 Å². The lowest BCUT2D eigenvalue weighted by molar-refractivity contribution is -0.123. The van der Waals surface area contributed by atoms with Gasteiger partial charge in [-0.1, -0.05) is 23.5 Å². The molecular weight excluding hydrogens is 410 g/mol. The fraction of sp³-hybridized carbons (Fsp3) is 0.600. The SMILES string of the molecule is COC(=O)c1sc(C#CC(C)(C)C)cc1N(OC1CCC(=O)CC1)C1CC=C(C)CC1. The predicted molar refractivity (Wildman–Crippen MR) is 124 cm³/mol. The van der Waals surface area contributed by atoms with E-state index in [4.69, 9.17) is 9.57 Å². The number of hydrogen-bond acceptors (Lipinski definition) is 6. The van der Waals surface area contributed by atoms with Gasteiger partial charge in [0.2, 0.25) is 0 Å². The number of esters is 1. The molecule has 0 bridgehead atoms. The Labute approximate surface area is 189 Å². The molecule has 0 spiro atoms. The summed E-state index contributed by atoms with van der Waals surface area (Å²) >= 11 is 1.35. The molecule has 2 aliphatic carbocycles. The normalized spacial score (nSPS) is 20.0. The molecule has 1 aromatic heterocycles. The van der Waals surface area contributed by atoms with Crippen LogP contribution >= 0.6 is 11.3 Å². The minimum Gasteiger partial charge on any atom is -0.465 e. The Kier molecular flexibility index (Phi) is 7.61. The highest BCUT2D eigenvalue weighted by Gasteiger charge is 2.31. The van der Waals surface area contributed by atoms with Gasteiger partial charge in [0.25, 0.3) is 0 Å². The first-order valence-electron chi connectivity index (χ1n) is 11.0. The molecule has 0 amide bonds. The quantitative estimate of drug-likeness (QED) is 0.254. The third-order valence-electron chi connectivity index (χ3n) is 5.58. The van der Waals surface area contributed by atoms with Gasteiger partial charge < -0.3 is 4.74 Å². The molecular formula is C25H33NO4S. The highest BCUT2D eigenvalue weighted by Crippen LogP contribution is 2.37. The van der Waals surface area contributed by atoms with Gasteiger partial charge in [-0.05, 0) is 65.9 Å². The number of ketones is 1. The van der Waals surface area contributed by atoms with Crippen LogP contribution in [0.25, 0.3) is 0 Å². The van der Waals surface area contributed by atoms with E-state index in [-0.39, 0.29) is 23.5 Å². The van der Waals surface area contributed by atoms with E-state index in [9.17, 15) is 9.59 Å². The van der Waals surface area contributed by atoms with E-state index in [2.05, 4.69) is 45.6 Å². The van der Waals surface area contributed by atoms with Crippen molar-refractivity contribution in [1.29, 1.82) is 0 Å². The lowest BCUT2D eigenvalue weighted by atomic mass is 9.95. The Balaban J connectivity index is 1.97. The highest BCUT2D eigenvalue weighted by atomic mass is 32.1. The van der Waals surface area contributed by atoms with Crippen LogP contribution in [0.15, 0.2) is 17.7 Å². The number of thiophene rings is 1. The minimum absolute atomic E-state index is 0.0285. The first-order valence-corrected chi connectivity index (χ1v) is 11.9. The second-order valence-corrected chi connectivity index (χ2v) is 10.5. The first kappa shape index (κ1) is 23.6. The van der Waals surface area contributed by atoms with Gasteiger partial charge in [0, 0.05) is 18.3 Å². The average Bonchev–Trinajstić information content (AvgIpc) is 3.16. The summed E-state index contributed by atoms with van der Waals surface area (Å²) < 4.78 is 5.08. The monoisotopic (exact) mass is 443 g/mol. The van der Waals surface area contributed by atoms with E-state index in [1.165, 1.54) is 24.0 Å². The van der Waals surface area contributed by atoms with Crippen molar-refractivity contribution in [2.45, 2.75) is 84.8 Å². The van der Waals surface area contributed by atoms with Gasteiger partial charge in [-0.2, -0.15) is 0 Å². The lowest BCUT2D eigenvalue weighted by Crippen LogP contribution is -2.41. The standard InChI is InChI=1S/C25H33NO4S/c1-17-6-8-18(9-7-17)26(30-20-12-10-19(27)11-13-20)22-16-21(14-15-25(2,3)4)31-23(22)24(28)29-5/h6,16,18,20H,7-13H2,1-5H3. The van der Waals surface area contributed by atoms with Gasteiger partial charge in [-0.25, -0.2) is 9.86 Å². The van der Waals surface area contributed by atoms with Crippen LogP contribution in [0, 0.1) is 17.3 Å². The van der Waals surface area contributed by atoms with E-state index in [1.54, 1.807) is 0 Å². The Morgan fingerprint density at radius 3 is 2.48 bits per heavy atom. The number of ether oxygens (including phenoxy) is 1. The summed E-state index contributed by atoms with van der Waals surface area (Å²) in [5.41, 5.74) is 1.98. The van der Waals surface area contributed by atoms with Crippen LogP contribution in [0.3, 0.4) is 0 Å². The summed E-state index contributed by atoms with van der Waals surface area (Å²) in [5.74, 6) is 6.39. The molecule has 1 atom stereocenters. The number of hydrogen-bond donors (Lipinski definition) is 0. The molecule has 0 aliphatic heterocycles. The molecule has 1 unspecified atom stereocenters. The summed E-state index contributed by atoms with van der Waals surface area (Å²) in [4.78, 5) is 32.1. The molecule has 0 radical (unpaired) electrons. The number of methoxy groups -OCH3 is 1. The maximum atomic E-state index is 12.6. The Morgan fingerprint density at radius 2 is 1.90 bits per heavy atom. The summed E-state index contributed by atoms with van der Waals surface area (Å²) in [7, 11) is 1.40. The van der Waals surface area contributed by atoms with Crippen LogP contribution < -0.4 is 5.06 Å². The van der Waals surface area contributed by atoms with E-state index in [1.807, 2.05) is 11.1 Å². The van der Waals surface area contributed by atoms with Crippen LogP contribution in [0.4, 0.5) is 5.69 Å². The van der Waals surface area contributed by atoms with Gasteiger partial charge in [0.15, 0.2) is 0 Å². The van der Waals surface area contributed by atoms with Crippen molar-refractivity contribution in [3.8, 4) is 11.8 Å². The molecule has 1 heterocycles. The molecule has 0 saturated heterocycles. The van der Waals surface area contributed by atoms with Crippen molar-refractivity contribution in [3.63, 3.8) is 0 Å². The number of anilines is 1. The number of carbonyl (C=O) groups is 2. The molecule has 0 N–H and O–H groups in total. The Bertz CT molecular complexity index is 902. The maximum Gasteiger partial charge on any atom is 0.350 e. The summed E-state index contributed by atoms with van der Waals surface area (Å²) in [5, 5.41) is 1.93. The molecule has 2 aliphatic rings. The zero-order chi connectivity index (χ0) is 22.6. The molecule has 3 rings (SSSR count). The smallest absolute Gasteiger partial charge is 0.350 e. The molecule has 1 saturated carbocycles. The van der Waals surface area contributed by atoms with Gasteiger partial charge in [-0.15, -0.1) is 11.3 Å². The second-order valence-electron chi connectivity index (χ2n) is 9.46. The summed E-state index contributed by atoms with van der Waals surface area (Å²) in [6, 6.07) is 2.08. The van der Waals surface area contributed by atoms with Crippen molar-refractivity contribution in [3.05, 3.63) is 27.5 Å². The minimum atomic E-state index is -0.376. The van der Waals surface area contributed by atoms with Crippen molar-refractivity contribution in [1.82, 2.24) is 0 Å². The number of nitrogens with zero attached hydrogens (tertiary/aromatic N) is 1. The predicted octanol–water partition coefficient (Wildman–Crippen LogP) is 5.68. The van der Waals surface area contributed by atoms with E-state index >= 15 is 0 Å². The number of rotatable bonds is 5. The topological polar surface area (TPSA) is 55.8 Å². The average molecular weight is 444 g/mol. The number of allylic oxidation sites excluding steroid dienone is 1. The molecule has 6 heteroatoms. The summed E-state index contributed by atoms with van der Waals surface area (Å²) in [6.07, 6.45) is 7.57. The summed E-state index contributed by atoms with van der Waals surface area (Å²) in [6.45, 7) is 8.34. The van der Waals surface area contributed by atoms with Crippen LogP contribution in [0.2, 0.25) is 0 Å². The van der Waals surface area contributed by atoms with Crippen molar-refractivity contribution in [2.75, 3.05) is 12.2 Å². The molecule has 1 aromatic rings. The molecule has 168 valence electrons. The van der Waals surface area contributed by atoms with Crippen LogP contribution in [-0.4, -0.2) is 31.0 Å². The van der Waals surface area contributed by atoms with Crippen molar-refractivity contribution >= 4 is 28.8 Å². The molecule has 5 nitrogen and oxygen atoms in total. The first-order chi connectivity index (χ1) is 14.7. The number of Topliss-reactive ketones (excluding diaryl/α,β-unsaturated/α-hetero) is 1. The van der Waals surface area contributed by atoms with E-state index < -0.39 is 0 Å². The Hall–Kier alpha value is -2.10. The Morgan fingerprint density at radius 1 is 1.19 bits per heavy atom. The number of carbonyl (C=O) groups excluding carboxylic acids is 2. The molecule has 1 fully saturated rings. The van der Waals surface area contributed by atoms with Crippen molar-refractivity contribution < 1.29 is 19.2 Å². The van der Waals surface area contributed by atoms with Gasteiger partial charge in [0.05, 0.1) is 29.8 Å². The van der Waals surface area contributed by atoms with Crippen molar-refractivity contribution in [2.24, 2.45) is 5.41 Å². The second kappa shape index (κ2) is 10.0. The molecule has 0 aromatic carbocycles. The van der Waals surface area contributed by atoms with E-state index in [0.29, 0.717) is 36.3 Å². The third-order valence-corrected chi connectivity index (χ3v) is 6.60. The number of hydroxylamine groups is 1. The highest BCUT2D eigenvalue weighted by molar-refractivity contribution is 7.15. The third kappa shape index (κ3) is 6.44. The fourth-order valence-electron chi connectivity index (χ4n) is 3.78. The van der Waals surface area contributed by atoms with Gasteiger partial charge in [0.1, 0.15) is 10.7 Å². The lowest BCUT2D eigenvalue weighted by Gasteiger charge is -2.37. The molecule has 31 heavy (non-hydrogen) atoms. The zero-order valence-electron chi connectivity index (χ0n) is 19.2. The maximum absolute atomic E-state index is 12.6. The zero-order valence-corrected chi connectivity index (χ0v) is 20.1. The fourth-order valence-corrected chi connectivity index (χ4v) is 4.69.